The largest absolute Gasteiger partial charge is 0.508 e. The number of hydrogen-bond acceptors (Lipinski definition) is 5. The molecule has 0 unspecified atom stereocenters. The van der Waals surface area contributed by atoms with E-state index in [1.54, 1.807) is 30.6 Å². The van der Waals surface area contributed by atoms with Crippen LogP contribution in [-0.4, -0.2) is 27.6 Å². The first-order valence-corrected chi connectivity index (χ1v) is 5.36. The minimum Gasteiger partial charge on any atom is -0.508 e. The van der Waals surface area contributed by atoms with Crippen LogP contribution in [0, 0.1) is 0 Å². The normalized spacial score (nSPS) is 10.1. The molecule has 1 heterocycles. The zero-order valence-corrected chi connectivity index (χ0v) is 9.31. The molecule has 2 aromatic rings. The monoisotopic (exact) mass is 235 g/mol. The van der Waals surface area contributed by atoms with E-state index < -0.39 is 0 Å². The fourth-order valence-corrected chi connectivity index (χ4v) is 1.68. The van der Waals surface area contributed by atoms with E-state index in [1.165, 1.54) is 11.0 Å². The number of phenolic OH excluding ortho intramolecular Hbond substituents is 1. The third kappa shape index (κ3) is 2.01. The fourth-order valence-electron chi connectivity index (χ4n) is 1.25. The predicted molar refractivity (Wildman–Crippen MR) is 60.7 cm³/mol. The van der Waals surface area contributed by atoms with Gasteiger partial charge >= 0.3 is 0 Å². The van der Waals surface area contributed by atoms with Gasteiger partial charge in [-0.15, -0.1) is 5.10 Å². The first-order valence-electron chi connectivity index (χ1n) is 4.52. The molecule has 0 atom stereocenters. The van der Waals surface area contributed by atoms with Crippen molar-refractivity contribution in [1.29, 1.82) is 0 Å². The molecule has 6 heteroatoms. The van der Waals surface area contributed by atoms with Crippen molar-refractivity contribution >= 4 is 23.1 Å². The van der Waals surface area contributed by atoms with Crippen molar-refractivity contribution in [1.82, 2.24) is 9.59 Å². The molecule has 0 fully saturated rings. The van der Waals surface area contributed by atoms with Gasteiger partial charge in [-0.05, 0) is 23.7 Å². The van der Waals surface area contributed by atoms with E-state index in [9.17, 15) is 9.90 Å². The lowest BCUT2D eigenvalue weighted by Crippen LogP contribution is -2.26. The first-order chi connectivity index (χ1) is 7.68. The standard InChI is InChI=1S/C10H9N3O2S/c1-13(7-3-2-4-8(14)5-7)10(15)9-6-16-12-11-9/h2-6,14H,1H3. The minimum absolute atomic E-state index is 0.119. The highest BCUT2D eigenvalue weighted by atomic mass is 32.1. The topological polar surface area (TPSA) is 66.3 Å². The van der Waals surface area contributed by atoms with E-state index >= 15 is 0 Å². The predicted octanol–water partition coefficient (Wildman–Crippen LogP) is 1.52. The summed E-state index contributed by atoms with van der Waals surface area (Å²) in [6.07, 6.45) is 0. The van der Waals surface area contributed by atoms with Crippen LogP contribution in [0.5, 0.6) is 5.75 Å². The average Bonchev–Trinajstić information content (AvgIpc) is 2.80. The average molecular weight is 235 g/mol. The molecule has 0 aliphatic rings. The second-order valence-electron chi connectivity index (χ2n) is 3.17. The number of rotatable bonds is 2. The maximum atomic E-state index is 11.9. The number of benzene rings is 1. The number of aromatic hydroxyl groups is 1. The second kappa shape index (κ2) is 4.28. The number of carbonyl (C=O) groups excluding carboxylic acids is 1. The second-order valence-corrected chi connectivity index (χ2v) is 3.78. The van der Waals surface area contributed by atoms with Crippen molar-refractivity contribution in [2.75, 3.05) is 11.9 Å². The van der Waals surface area contributed by atoms with E-state index in [-0.39, 0.29) is 11.7 Å². The molecule has 0 radical (unpaired) electrons. The van der Waals surface area contributed by atoms with E-state index in [0.29, 0.717) is 11.4 Å². The summed E-state index contributed by atoms with van der Waals surface area (Å²) in [6, 6.07) is 6.47. The Labute approximate surface area is 96.1 Å². The van der Waals surface area contributed by atoms with Crippen LogP contribution >= 0.6 is 11.5 Å². The summed E-state index contributed by atoms with van der Waals surface area (Å²) in [4.78, 5) is 13.3. The summed E-state index contributed by atoms with van der Waals surface area (Å²) in [7, 11) is 1.62. The minimum atomic E-state index is -0.251. The van der Waals surface area contributed by atoms with Crippen LogP contribution in [0.25, 0.3) is 0 Å². The van der Waals surface area contributed by atoms with Gasteiger partial charge in [0.1, 0.15) is 5.75 Å². The zero-order chi connectivity index (χ0) is 11.5. The molecule has 16 heavy (non-hydrogen) atoms. The van der Waals surface area contributed by atoms with Crippen LogP contribution in [-0.2, 0) is 0 Å². The number of aromatic nitrogens is 2. The van der Waals surface area contributed by atoms with Gasteiger partial charge < -0.3 is 10.0 Å². The molecule has 0 saturated carbocycles. The number of carbonyl (C=O) groups is 1. The Morgan fingerprint density at radius 1 is 1.50 bits per heavy atom. The van der Waals surface area contributed by atoms with Crippen LogP contribution in [0.1, 0.15) is 10.5 Å². The lowest BCUT2D eigenvalue weighted by Gasteiger charge is -2.15. The van der Waals surface area contributed by atoms with Gasteiger partial charge in [0.2, 0.25) is 0 Å². The van der Waals surface area contributed by atoms with Gasteiger partial charge in [-0.3, -0.25) is 4.79 Å². The van der Waals surface area contributed by atoms with Crippen LogP contribution in [0.2, 0.25) is 0 Å². The Balaban J connectivity index is 2.26. The Morgan fingerprint density at radius 2 is 2.31 bits per heavy atom. The molecule has 1 N–H and O–H groups in total. The number of hydrogen-bond donors (Lipinski definition) is 1. The number of anilines is 1. The molecule has 0 aliphatic carbocycles. The van der Waals surface area contributed by atoms with Crippen LogP contribution < -0.4 is 4.90 Å². The fraction of sp³-hybridized carbons (Fsp3) is 0.100. The molecule has 0 bridgehead atoms. The van der Waals surface area contributed by atoms with Gasteiger partial charge in [-0.2, -0.15) is 0 Å². The molecule has 82 valence electrons. The molecule has 1 aromatic carbocycles. The Kier molecular flexibility index (Phi) is 2.82. The molecule has 1 amide bonds. The van der Waals surface area contributed by atoms with Gasteiger partial charge in [0, 0.05) is 24.2 Å². The highest BCUT2D eigenvalue weighted by Gasteiger charge is 2.15. The van der Waals surface area contributed by atoms with Crippen molar-refractivity contribution in [3.63, 3.8) is 0 Å². The maximum Gasteiger partial charge on any atom is 0.279 e. The summed E-state index contributed by atoms with van der Waals surface area (Å²) >= 11 is 1.13. The number of phenols is 1. The smallest absolute Gasteiger partial charge is 0.279 e. The third-order valence-electron chi connectivity index (χ3n) is 2.10. The lowest BCUT2D eigenvalue weighted by atomic mass is 10.2. The lowest BCUT2D eigenvalue weighted by molar-refractivity contribution is 0.0988. The summed E-state index contributed by atoms with van der Waals surface area (Å²) in [5.41, 5.74) is 0.911. The summed E-state index contributed by atoms with van der Waals surface area (Å²) in [5.74, 6) is -0.132. The van der Waals surface area contributed by atoms with Crippen LogP contribution in [0.4, 0.5) is 5.69 Å². The van der Waals surface area contributed by atoms with E-state index in [4.69, 9.17) is 0 Å². The SMILES string of the molecule is CN(C(=O)c1csnn1)c1cccc(O)c1. The van der Waals surface area contributed by atoms with Crippen molar-refractivity contribution in [3.05, 3.63) is 35.3 Å². The molecule has 2 rings (SSSR count). The highest BCUT2D eigenvalue weighted by molar-refractivity contribution is 7.03. The summed E-state index contributed by atoms with van der Waals surface area (Å²) in [6.45, 7) is 0. The van der Waals surface area contributed by atoms with Gasteiger partial charge in [0.05, 0.1) is 0 Å². The summed E-state index contributed by atoms with van der Waals surface area (Å²) < 4.78 is 3.63. The quantitative estimate of drug-likeness (QED) is 0.857. The van der Waals surface area contributed by atoms with E-state index in [2.05, 4.69) is 9.59 Å². The Morgan fingerprint density at radius 3 is 2.94 bits per heavy atom. The molecule has 5 nitrogen and oxygen atoms in total. The van der Waals surface area contributed by atoms with Crippen molar-refractivity contribution in [3.8, 4) is 5.75 Å². The molecule has 0 saturated heterocycles. The maximum absolute atomic E-state index is 11.9. The van der Waals surface area contributed by atoms with Crippen molar-refractivity contribution < 1.29 is 9.90 Å². The van der Waals surface area contributed by atoms with Crippen molar-refractivity contribution in [2.24, 2.45) is 0 Å². The highest BCUT2D eigenvalue weighted by Crippen LogP contribution is 2.20. The molecular weight excluding hydrogens is 226 g/mol. The third-order valence-corrected chi connectivity index (χ3v) is 2.61. The van der Waals surface area contributed by atoms with Crippen molar-refractivity contribution in [2.45, 2.75) is 0 Å². The molecule has 0 aliphatic heterocycles. The van der Waals surface area contributed by atoms with Gasteiger partial charge in [-0.1, -0.05) is 10.6 Å². The molecular formula is C10H9N3O2S. The zero-order valence-electron chi connectivity index (χ0n) is 8.49. The summed E-state index contributed by atoms with van der Waals surface area (Å²) in [5, 5.41) is 14.6. The first kappa shape index (κ1) is 10.6. The molecule has 1 aromatic heterocycles. The van der Waals surface area contributed by atoms with Gasteiger partial charge in [0.25, 0.3) is 5.91 Å². The van der Waals surface area contributed by atoms with E-state index in [1.807, 2.05) is 0 Å². The van der Waals surface area contributed by atoms with Crippen LogP contribution in [0.3, 0.4) is 0 Å². The van der Waals surface area contributed by atoms with Crippen LogP contribution in [0.15, 0.2) is 29.6 Å². The number of amides is 1. The van der Waals surface area contributed by atoms with Gasteiger partial charge in [0.15, 0.2) is 5.69 Å². The van der Waals surface area contributed by atoms with E-state index in [0.717, 1.165) is 11.5 Å². The Bertz CT molecular complexity index is 499. The Hall–Kier alpha value is -1.95. The van der Waals surface area contributed by atoms with Gasteiger partial charge in [-0.25, -0.2) is 0 Å². The molecule has 0 spiro atoms. The number of nitrogens with zero attached hydrogens (tertiary/aromatic N) is 3.